The Balaban J connectivity index is 1.84. The van der Waals surface area contributed by atoms with Gasteiger partial charge in [0, 0.05) is 31.0 Å². The average Bonchev–Trinajstić information content (AvgIpc) is 3.22. The van der Waals surface area contributed by atoms with Gasteiger partial charge in [-0.2, -0.15) is 0 Å². The highest BCUT2D eigenvalue weighted by Crippen LogP contribution is 2.41. The molecule has 0 saturated heterocycles. The zero-order valence-corrected chi connectivity index (χ0v) is 15.4. The van der Waals surface area contributed by atoms with Crippen LogP contribution in [0.1, 0.15) is 39.0 Å². The van der Waals surface area contributed by atoms with E-state index in [-0.39, 0.29) is 12.1 Å². The quantitative estimate of drug-likeness (QED) is 0.789. The summed E-state index contributed by atoms with van der Waals surface area (Å²) in [6, 6.07) is 4.30. The molecule has 2 aliphatic rings. The lowest BCUT2D eigenvalue weighted by Gasteiger charge is -2.48. The minimum Gasteiger partial charge on any atom is -0.359 e. The molecule has 3 heterocycles. The molecule has 0 amide bonds. The molecule has 2 aromatic heterocycles. The Morgan fingerprint density at radius 2 is 1.96 bits per heavy atom. The first-order valence-electron chi connectivity index (χ1n) is 9.48. The van der Waals surface area contributed by atoms with Crippen molar-refractivity contribution in [1.29, 1.82) is 0 Å². The normalized spacial score (nSPS) is 23.2. The third-order valence-corrected chi connectivity index (χ3v) is 5.79. The molecule has 0 spiro atoms. The Morgan fingerprint density at radius 3 is 2.62 bits per heavy atom. The van der Waals surface area contributed by atoms with Crippen LogP contribution in [0.2, 0.25) is 0 Å². The van der Waals surface area contributed by atoms with E-state index in [1.807, 2.05) is 30.3 Å². The van der Waals surface area contributed by atoms with Crippen molar-refractivity contribution in [2.45, 2.75) is 57.2 Å². The monoisotopic (exact) mass is 351 g/mol. The van der Waals surface area contributed by atoms with Crippen molar-refractivity contribution in [3.05, 3.63) is 30.7 Å². The summed E-state index contributed by atoms with van der Waals surface area (Å²) in [6.45, 7) is 2.16. The summed E-state index contributed by atoms with van der Waals surface area (Å²) >= 11 is 0. The first-order chi connectivity index (χ1) is 12.7. The Hall–Kier alpha value is -2.50. The van der Waals surface area contributed by atoms with Gasteiger partial charge >= 0.3 is 0 Å². The molecule has 2 atom stereocenters. The molecular formula is C20H25N5O. The fraction of sp³-hybridized carbons (Fsp3) is 0.500. The highest BCUT2D eigenvalue weighted by molar-refractivity contribution is 5.79. The fourth-order valence-electron chi connectivity index (χ4n) is 4.43. The summed E-state index contributed by atoms with van der Waals surface area (Å²) in [7, 11) is 1.97. The topological polar surface area (TPSA) is 62.2 Å². The second kappa shape index (κ2) is 7.02. The van der Waals surface area contributed by atoms with Gasteiger partial charge in [-0.3, -0.25) is 4.98 Å². The van der Waals surface area contributed by atoms with Gasteiger partial charge in [-0.25, -0.2) is 9.97 Å². The van der Waals surface area contributed by atoms with Gasteiger partial charge in [0.15, 0.2) is 11.6 Å². The Kier molecular flexibility index (Phi) is 4.57. The average molecular weight is 351 g/mol. The molecule has 2 aromatic rings. The Bertz CT molecular complexity index is 775. The third-order valence-electron chi connectivity index (χ3n) is 5.79. The summed E-state index contributed by atoms with van der Waals surface area (Å²) in [6.07, 6.45) is 12.2. The van der Waals surface area contributed by atoms with Gasteiger partial charge in [0.1, 0.15) is 12.3 Å². The standard InChI is InChI=1S/C20H25N5O/c1-3-16-18(13-26)24(2)17-12-22-19(14-8-10-21-11-9-14)23-20(17)25(16)15-6-4-5-7-15/h8-13,15-16,18H,3-7H2,1-2H3. The number of pyridine rings is 1. The molecule has 1 aliphatic carbocycles. The molecule has 4 rings (SSSR count). The van der Waals surface area contributed by atoms with Gasteiger partial charge < -0.3 is 14.6 Å². The van der Waals surface area contributed by atoms with Crippen LogP contribution in [0.4, 0.5) is 11.5 Å². The Labute approximate surface area is 154 Å². The van der Waals surface area contributed by atoms with E-state index in [4.69, 9.17) is 4.98 Å². The highest BCUT2D eigenvalue weighted by atomic mass is 16.1. The van der Waals surface area contributed by atoms with E-state index in [0.29, 0.717) is 11.9 Å². The van der Waals surface area contributed by atoms with E-state index >= 15 is 0 Å². The summed E-state index contributed by atoms with van der Waals surface area (Å²) in [5.74, 6) is 1.67. The maximum Gasteiger partial charge on any atom is 0.161 e. The predicted molar refractivity (Wildman–Crippen MR) is 102 cm³/mol. The highest BCUT2D eigenvalue weighted by Gasteiger charge is 2.41. The molecule has 0 bridgehead atoms. The molecule has 6 nitrogen and oxygen atoms in total. The molecule has 0 aromatic carbocycles. The van der Waals surface area contributed by atoms with E-state index in [1.165, 1.54) is 25.7 Å². The van der Waals surface area contributed by atoms with E-state index in [9.17, 15) is 4.79 Å². The fourth-order valence-corrected chi connectivity index (χ4v) is 4.43. The van der Waals surface area contributed by atoms with Crippen LogP contribution in [0.25, 0.3) is 11.4 Å². The lowest BCUT2D eigenvalue weighted by atomic mass is 9.96. The molecule has 6 heteroatoms. The van der Waals surface area contributed by atoms with Crippen LogP contribution in [0.15, 0.2) is 30.7 Å². The molecule has 1 saturated carbocycles. The smallest absolute Gasteiger partial charge is 0.161 e. The summed E-state index contributed by atoms with van der Waals surface area (Å²) in [5.41, 5.74) is 1.90. The van der Waals surface area contributed by atoms with E-state index in [0.717, 1.165) is 29.8 Å². The van der Waals surface area contributed by atoms with E-state index in [2.05, 4.69) is 21.8 Å². The van der Waals surface area contributed by atoms with Crippen LogP contribution in [0, 0.1) is 0 Å². The van der Waals surface area contributed by atoms with Crippen LogP contribution < -0.4 is 9.80 Å². The molecule has 26 heavy (non-hydrogen) atoms. The number of anilines is 2. The largest absolute Gasteiger partial charge is 0.359 e. The van der Waals surface area contributed by atoms with Crippen molar-refractivity contribution in [2.24, 2.45) is 0 Å². The third kappa shape index (κ3) is 2.73. The predicted octanol–water partition coefficient (Wildman–Crippen LogP) is 3.08. The first-order valence-corrected chi connectivity index (χ1v) is 9.48. The molecular weight excluding hydrogens is 326 g/mol. The molecule has 0 radical (unpaired) electrons. The lowest BCUT2D eigenvalue weighted by Crippen LogP contribution is -2.58. The Morgan fingerprint density at radius 1 is 1.23 bits per heavy atom. The van der Waals surface area contributed by atoms with Gasteiger partial charge in [0.2, 0.25) is 0 Å². The lowest BCUT2D eigenvalue weighted by molar-refractivity contribution is -0.109. The van der Waals surface area contributed by atoms with Crippen LogP contribution in [-0.4, -0.2) is 46.4 Å². The molecule has 0 N–H and O–H groups in total. The minimum absolute atomic E-state index is 0.147. The summed E-state index contributed by atoms with van der Waals surface area (Å²) in [4.78, 5) is 30.0. The van der Waals surface area contributed by atoms with Gasteiger partial charge in [-0.05, 0) is 31.4 Å². The zero-order chi connectivity index (χ0) is 18.1. The number of aldehydes is 1. The van der Waals surface area contributed by atoms with Crippen LogP contribution in [0.3, 0.4) is 0 Å². The van der Waals surface area contributed by atoms with Gasteiger partial charge in [0.05, 0.1) is 17.9 Å². The zero-order valence-electron chi connectivity index (χ0n) is 15.4. The van der Waals surface area contributed by atoms with Crippen molar-refractivity contribution in [1.82, 2.24) is 15.0 Å². The summed E-state index contributed by atoms with van der Waals surface area (Å²) in [5, 5.41) is 0. The number of nitrogens with zero attached hydrogens (tertiary/aromatic N) is 5. The second-order valence-corrected chi connectivity index (χ2v) is 7.20. The van der Waals surface area contributed by atoms with Crippen molar-refractivity contribution in [2.75, 3.05) is 16.8 Å². The number of carbonyl (C=O) groups excluding carboxylic acids is 1. The number of fused-ring (bicyclic) bond motifs is 1. The molecule has 1 aliphatic heterocycles. The second-order valence-electron chi connectivity index (χ2n) is 7.20. The SMILES string of the molecule is CCC1C(C=O)N(C)c2cnc(-c3ccncc3)nc2N1C1CCCC1. The van der Waals surface area contributed by atoms with Crippen LogP contribution in [-0.2, 0) is 4.79 Å². The van der Waals surface area contributed by atoms with Crippen molar-refractivity contribution >= 4 is 17.8 Å². The minimum atomic E-state index is -0.163. The van der Waals surface area contributed by atoms with Crippen LogP contribution >= 0.6 is 0 Å². The number of aromatic nitrogens is 3. The number of hydrogen-bond acceptors (Lipinski definition) is 6. The molecule has 1 fully saturated rings. The van der Waals surface area contributed by atoms with E-state index in [1.54, 1.807) is 12.4 Å². The van der Waals surface area contributed by atoms with Gasteiger partial charge in [0.25, 0.3) is 0 Å². The van der Waals surface area contributed by atoms with Gasteiger partial charge in [-0.1, -0.05) is 19.8 Å². The summed E-state index contributed by atoms with van der Waals surface area (Å²) < 4.78 is 0. The maximum atomic E-state index is 11.9. The maximum absolute atomic E-state index is 11.9. The van der Waals surface area contributed by atoms with Gasteiger partial charge in [-0.15, -0.1) is 0 Å². The van der Waals surface area contributed by atoms with E-state index < -0.39 is 0 Å². The number of carbonyl (C=O) groups is 1. The number of rotatable bonds is 4. The van der Waals surface area contributed by atoms with Crippen molar-refractivity contribution in [3.8, 4) is 11.4 Å². The number of hydrogen-bond donors (Lipinski definition) is 0. The molecule has 136 valence electrons. The number of likely N-dealkylation sites (N-methyl/N-ethyl adjacent to an activating group) is 1. The van der Waals surface area contributed by atoms with Crippen molar-refractivity contribution < 1.29 is 4.79 Å². The van der Waals surface area contributed by atoms with Crippen molar-refractivity contribution in [3.63, 3.8) is 0 Å². The first kappa shape index (κ1) is 16.9. The van der Waals surface area contributed by atoms with Crippen LogP contribution in [0.5, 0.6) is 0 Å². The molecule has 2 unspecified atom stereocenters.